The first-order valence-corrected chi connectivity index (χ1v) is 12.9. The first kappa shape index (κ1) is 23.7. The van der Waals surface area contributed by atoms with Crippen LogP contribution < -0.4 is 15.2 Å². The molecule has 2 aliphatic rings. The molecule has 184 valence electrons. The third kappa shape index (κ3) is 3.88. The summed E-state index contributed by atoms with van der Waals surface area (Å²) in [6.07, 6.45) is 3.81. The molecule has 0 N–H and O–H groups in total. The van der Waals surface area contributed by atoms with Gasteiger partial charge < -0.3 is 9.64 Å². The number of likely N-dealkylation sites (N-methyl/N-ethyl adjacent to an activating group) is 1. The second kappa shape index (κ2) is 8.29. The number of anilines is 1. The number of Topliss-reactive ketones (excluding diaryl/α,β-unsaturated/α-hetero) is 1. The number of ether oxygens (including phenoxy) is 1. The van der Waals surface area contributed by atoms with Crippen LogP contribution in [-0.2, 0) is 17.6 Å². The molecule has 3 unspecified atom stereocenters. The molecular weight excluding hydrogens is 462 g/mol. The summed E-state index contributed by atoms with van der Waals surface area (Å²) in [5, 5.41) is 0.665. The third-order valence-electron chi connectivity index (χ3n) is 7.60. The highest BCUT2D eigenvalue weighted by Gasteiger charge is 2.33. The number of amides is 1. The third-order valence-corrected chi connectivity index (χ3v) is 8.77. The molecule has 1 aliphatic carbocycles. The Morgan fingerprint density at radius 2 is 2.00 bits per heavy atom. The average molecular weight is 494 g/mol. The van der Waals surface area contributed by atoms with Gasteiger partial charge in [-0.25, -0.2) is 4.98 Å². The standard InChI is InChI=1S/C27H31N3O4S/c1-14(23(31)16-7-10-20-19(11-16)29(6)25(32)15(2)34-20)30-13-28-24-22(26(30)33)18-9-8-17(27(3,4)5)12-21(18)35-24/h7,10-11,13-15,17H,8-9,12H2,1-6H3. The van der Waals surface area contributed by atoms with Crippen molar-refractivity contribution in [2.75, 3.05) is 11.9 Å². The molecule has 5 rings (SSSR count). The van der Waals surface area contributed by atoms with Crippen LogP contribution in [0, 0.1) is 11.3 Å². The number of benzene rings is 1. The Kier molecular flexibility index (Phi) is 5.62. The first-order valence-electron chi connectivity index (χ1n) is 12.1. The fourth-order valence-corrected chi connectivity index (χ4v) is 6.48. The van der Waals surface area contributed by atoms with E-state index < -0.39 is 12.1 Å². The number of carbonyl (C=O) groups excluding carboxylic acids is 2. The van der Waals surface area contributed by atoms with Crippen molar-refractivity contribution in [1.29, 1.82) is 0 Å². The van der Waals surface area contributed by atoms with Crippen molar-refractivity contribution in [2.45, 2.75) is 66.0 Å². The van der Waals surface area contributed by atoms with E-state index in [1.54, 1.807) is 50.4 Å². The molecule has 7 nitrogen and oxygen atoms in total. The lowest BCUT2D eigenvalue weighted by Crippen LogP contribution is -2.42. The summed E-state index contributed by atoms with van der Waals surface area (Å²) in [5.74, 6) is 0.749. The molecule has 35 heavy (non-hydrogen) atoms. The summed E-state index contributed by atoms with van der Waals surface area (Å²) >= 11 is 1.61. The van der Waals surface area contributed by atoms with Crippen LogP contribution in [0.2, 0.25) is 0 Å². The van der Waals surface area contributed by atoms with E-state index in [1.165, 1.54) is 20.7 Å². The molecule has 0 bridgehead atoms. The number of nitrogens with zero attached hydrogens (tertiary/aromatic N) is 3. The van der Waals surface area contributed by atoms with Gasteiger partial charge in [0.15, 0.2) is 11.9 Å². The quantitative estimate of drug-likeness (QED) is 0.490. The second-order valence-corrected chi connectivity index (χ2v) is 11.9. The zero-order chi connectivity index (χ0) is 25.2. The number of rotatable bonds is 3. The Morgan fingerprint density at radius 1 is 1.26 bits per heavy atom. The van der Waals surface area contributed by atoms with E-state index >= 15 is 0 Å². The van der Waals surface area contributed by atoms with Gasteiger partial charge in [-0.2, -0.15) is 0 Å². The van der Waals surface area contributed by atoms with Gasteiger partial charge in [-0.1, -0.05) is 20.8 Å². The maximum Gasteiger partial charge on any atom is 0.267 e. The van der Waals surface area contributed by atoms with Crippen LogP contribution in [0.15, 0.2) is 29.3 Å². The van der Waals surface area contributed by atoms with Crippen LogP contribution in [0.5, 0.6) is 5.75 Å². The maximum absolute atomic E-state index is 13.6. The summed E-state index contributed by atoms with van der Waals surface area (Å²) in [6, 6.07) is 4.32. The van der Waals surface area contributed by atoms with E-state index in [-0.39, 0.29) is 22.7 Å². The fraction of sp³-hybridized carbons (Fsp3) is 0.481. The molecule has 3 atom stereocenters. The topological polar surface area (TPSA) is 81.5 Å². The zero-order valence-electron chi connectivity index (χ0n) is 21.0. The van der Waals surface area contributed by atoms with Crippen LogP contribution in [-0.4, -0.2) is 34.4 Å². The predicted molar refractivity (Wildman–Crippen MR) is 138 cm³/mol. The SMILES string of the molecule is CC1Oc2ccc(C(=O)C(C)n3cnc4sc5c(c4c3=O)CCC(C(C)(C)C)C5)cc2N(C)C1=O. The van der Waals surface area contributed by atoms with Gasteiger partial charge in [0.2, 0.25) is 0 Å². The predicted octanol–water partition coefficient (Wildman–Crippen LogP) is 4.80. The molecule has 0 fully saturated rings. The van der Waals surface area contributed by atoms with Crippen molar-refractivity contribution in [3.05, 3.63) is 50.9 Å². The molecule has 1 aromatic carbocycles. The lowest BCUT2D eigenvalue weighted by molar-refractivity contribution is -0.125. The summed E-state index contributed by atoms with van der Waals surface area (Å²) in [4.78, 5) is 47.4. The molecule has 3 aromatic rings. The Bertz CT molecular complexity index is 1410. The number of hydrogen-bond acceptors (Lipinski definition) is 6. The number of aromatic nitrogens is 2. The molecule has 3 heterocycles. The monoisotopic (exact) mass is 493 g/mol. The van der Waals surface area contributed by atoms with E-state index in [0.717, 1.165) is 29.7 Å². The minimum absolute atomic E-state index is 0.162. The Hall–Kier alpha value is -3.00. The highest BCUT2D eigenvalue weighted by atomic mass is 32.1. The van der Waals surface area contributed by atoms with Gasteiger partial charge in [0.05, 0.1) is 23.4 Å². The van der Waals surface area contributed by atoms with E-state index in [4.69, 9.17) is 4.74 Å². The number of carbonyl (C=O) groups is 2. The van der Waals surface area contributed by atoms with Gasteiger partial charge in [-0.3, -0.25) is 19.0 Å². The Balaban J connectivity index is 1.49. The van der Waals surface area contributed by atoms with Gasteiger partial charge in [0.25, 0.3) is 11.5 Å². The largest absolute Gasteiger partial charge is 0.479 e. The van der Waals surface area contributed by atoms with Gasteiger partial charge in [-0.15, -0.1) is 11.3 Å². The lowest BCUT2D eigenvalue weighted by Gasteiger charge is -2.33. The summed E-state index contributed by atoms with van der Waals surface area (Å²) in [5.41, 5.74) is 2.13. The molecular formula is C27H31N3O4S. The number of ketones is 1. The van der Waals surface area contributed by atoms with Crippen LogP contribution in [0.4, 0.5) is 5.69 Å². The number of hydrogen-bond donors (Lipinski definition) is 0. The molecule has 8 heteroatoms. The Morgan fingerprint density at radius 3 is 2.71 bits per heavy atom. The van der Waals surface area contributed by atoms with Crippen molar-refractivity contribution in [1.82, 2.24) is 9.55 Å². The molecule has 0 spiro atoms. The van der Waals surface area contributed by atoms with Crippen molar-refractivity contribution < 1.29 is 14.3 Å². The van der Waals surface area contributed by atoms with Crippen LogP contribution in [0.3, 0.4) is 0 Å². The molecule has 1 aliphatic heterocycles. The molecule has 2 aromatic heterocycles. The zero-order valence-corrected chi connectivity index (χ0v) is 21.9. The minimum atomic E-state index is -0.733. The summed E-state index contributed by atoms with van der Waals surface area (Å²) < 4.78 is 7.11. The van der Waals surface area contributed by atoms with Gasteiger partial charge in [-0.05, 0) is 68.2 Å². The first-order chi connectivity index (χ1) is 16.5. The van der Waals surface area contributed by atoms with Gasteiger partial charge in [0, 0.05) is 17.5 Å². The summed E-state index contributed by atoms with van der Waals surface area (Å²) in [6.45, 7) is 10.2. The molecule has 0 saturated heterocycles. The normalized spacial score (nSPS) is 20.9. The number of aryl methyl sites for hydroxylation is 1. The maximum atomic E-state index is 13.6. The van der Waals surface area contributed by atoms with Crippen LogP contribution >= 0.6 is 11.3 Å². The van der Waals surface area contributed by atoms with E-state index in [2.05, 4.69) is 25.8 Å². The smallest absolute Gasteiger partial charge is 0.267 e. The van der Waals surface area contributed by atoms with Crippen LogP contribution in [0.25, 0.3) is 10.2 Å². The lowest BCUT2D eigenvalue weighted by atomic mass is 9.72. The van der Waals surface area contributed by atoms with Crippen molar-refractivity contribution >= 4 is 38.9 Å². The molecule has 0 saturated carbocycles. The summed E-state index contributed by atoms with van der Waals surface area (Å²) in [7, 11) is 1.67. The number of thiophene rings is 1. The van der Waals surface area contributed by atoms with Crippen LogP contribution in [0.1, 0.15) is 67.9 Å². The van der Waals surface area contributed by atoms with Gasteiger partial charge >= 0.3 is 0 Å². The van der Waals surface area contributed by atoms with Crippen molar-refractivity contribution in [3.63, 3.8) is 0 Å². The van der Waals surface area contributed by atoms with Crippen molar-refractivity contribution in [2.24, 2.45) is 11.3 Å². The molecule has 0 radical (unpaired) electrons. The average Bonchev–Trinajstić information content (AvgIpc) is 3.20. The van der Waals surface area contributed by atoms with Crippen molar-refractivity contribution in [3.8, 4) is 5.75 Å². The highest BCUT2D eigenvalue weighted by Crippen LogP contribution is 2.42. The fourth-order valence-electron chi connectivity index (χ4n) is 5.23. The molecule has 1 amide bonds. The number of fused-ring (bicyclic) bond motifs is 4. The minimum Gasteiger partial charge on any atom is -0.479 e. The van der Waals surface area contributed by atoms with E-state index in [1.807, 2.05) is 0 Å². The van der Waals surface area contributed by atoms with E-state index in [0.29, 0.717) is 28.3 Å². The second-order valence-electron chi connectivity index (χ2n) is 10.8. The Labute approximate surface area is 208 Å². The highest BCUT2D eigenvalue weighted by molar-refractivity contribution is 7.18. The van der Waals surface area contributed by atoms with E-state index in [9.17, 15) is 14.4 Å². The van der Waals surface area contributed by atoms with Gasteiger partial charge in [0.1, 0.15) is 10.6 Å².